The number of aryl methyl sites for hydroxylation is 1. The number of carbonyl (C=O) groups is 2. The van der Waals surface area contributed by atoms with Gasteiger partial charge in [0.2, 0.25) is 5.91 Å². The Labute approximate surface area is 235 Å². The van der Waals surface area contributed by atoms with E-state index in [4.69, 9.17) is 4.74 Å². The molecule has 0 spiro atoms. The highest BCUT2D eigenvalue weighted by Crippen LogP contribution is 2.28. The number of unbranched alkanes of at least 4 members (excludes halogenated alkanes) is 7. The molecule has 0 saturated carbocycles. The Kier molecular flexibility index (Phi) is 12.6. The summed E-state index contributed by atoms with van der Waals surface area (Å²) in [5.74, 6) is 0.784. The molecule has 0 saturated heterocycles. The lowest BCUT2D eigenvalue weighted by Crippen LogP contribution is -2.35. The number of amides is 1. The van der Waals surface area contributed by atoms with Gasteiger partial charge < -0.3 is 14.2 Å². The van der Waals surface area contributed by atoms with Crippen LogP contribution < -0.4 is 4.74 Å². The van der Waals surface area contributed by atoms with Crippen molar-refractivity contribution in [2.24, 2.45) is 0 Å². The first-order valence-corrected chi connectivity index (χ1v) is 15.1. The van der Waals surface area contributed by atoms with Crippen molar-refractivity contribution in [1.82, 2.24) is 9.47 Å². The van der Waals surface area contributed by atoms with Gasteiger partial charge in [-0.3, -0.25) is 9.59 Å². The van der Waals surface area contributed by atoms with Crippen LogP contribution in [0.25, 0.3) is 10.9 Å². The number of methoxy groups -OCH3 is 1. The fourth-order valence-electron chi connectivity index (χ4n) is 5.10. The van der Waals surface area contributed by atoms with E-state index in [1.54, 1.807) is 7.11 Å². The molecule has 0 aliphatic rings. The number of benzene rings is 2. The minimum Gasteiger partial charge on any atom is -0.497 e. The van der Waals surface area contributed by atoms with Crippen molar-refractivity contribution >= 4 is 22.6 Å². The average Bonchev–Trinajstić information content (AvgIpc) is 3.32. The Bertz CT molecular complexity index is 1170. The van der Waals surface area contributed by atoms with Crippen LogP contribution in [-0.2, 0) is 17.8 Å². The van der Waals surface area contributed by atoms with Crippen LogP contribution in [0, 0.1) is 0 Å². The van der Waals surface area contributed by atoms with E-state index in [0.29, 0.717) is 16.9 Å². The SMILES string of the molecule is CCCCCCCCc1ccc(C(=O)c2cn(CC(=O)N(CCCC)CCCC)c3cc(OC)ccc23)cc1. The van der Waals surface area contributed by atoms with Gasteiger partial charge in [-0.1, -0.05) is 90.0 Å². The van der Waals surface area contributed by atoms with E-state index in [0.717, 1.165) is 56.1 Å². The van der Waals surface area contributed by atoms with E-state index in [-0.39, 0.29) is 18.2 Å². The number of rotatable bonds is 18. The summed E-state index contributed by atoms with van der Waals surface area (Å²) in [4.78, 5) is 29.0. The minimum absolute atomic E-state index is 0.0173. The van der Waals surface area contributed by atoms with E-state index in [2.05, 4.69) is 32.9 Å². The third-order valence-electron chi connectivity index (χ3n) is 7.59. The number of nitrogens with zero attached hydrogens (tertiary/aromatic N) is 2. The molecule has 0 radical (unpaired) electrons. The summed E-state index contributed by atoms with van der Waals surface area (Å²) in [7, 11) is 1.63. The van der Waals surface area contributed by atoms with Crippen LogP contribution in [-0.4, -0.2) is 41.4 Å². The predicted octanol–water partition coefficient (Wildman–Crippen LogP) is 8.21. The highest BCUT2D eigenvalue weighted by Gasteiger charge is 2.20. The summed E-state index contributed by atoms with van der Waals surface area (Å²) < 4.78 is 7.39. The van der Waals surface area contributed by atoms with E-state index >= 15 is 0 Å². The summed E-state index contributed by atoms with van der Waals surface area (Å²) in [5.41, 5.74) is 3.42. The molecular weight excluding hydrogens is 484 g/mol. The summed E-state index contributed by atoms with van der Waals surface area (Å²) >= 11 is 0. The second-order valence-corrected chi connectivity index (χ2v) is 10.7. The van der Waals surface area contributed by atoms with Crippen LogP contribution in [0.2, 0.25) is 0 Å². The Morgan fingerprint density at radius 1 is 0.795 bits per heavy atom. The Morgan fingerprint density at radius 3 is 2.08 bits per heavy atom. The molecular formula is C34H48N2O3. The number of fused-ring (bicyclic) bond motifs is 1. The number of carbonyl (C=O) groups excluding carboxylic acids is 2. The van der Waals surface area contributed by atoms with Gasteiger partial charge in [0.05, 0.1) is 12.6 Å². The Morgan fingerprint density at radius 2 is 1.44 bits per heavy atom. The smallest absolute Gasteiger partial charge is 0.242 e. The molecule has 0 unspecified atom stereocenters. The molecule has 3 aromatic rings. The van der Waals surface area contributed by atoms with Crippen LogP contribution in [0.1, 0.15) is 106 Å². The summed E-state index contributed by atoms with van der Waals surface area (Å²) in [6.45, 7) is 8.29. The maximum atomic E-state index is 13.7. The molecule has 1 aromatic heterocycles. The standard InChI is InChI=1S/C34H48N2O3/c1-5-8-11-12-13-14-15-27-16-18-28(19-17-27)34(38)31-25-36(32-24-29(39-4)20-21-30(31)32)26-33(37)35(22-9-6-2)23-10-7-3/h16-21,24-25H,5-15,22-23,26H2,1-4H3. The van der Waals surface area contributed by atoms with Crippen molar-refractivity contribution in [3.8, 4) is 5.75 Å². The van der Waals surface area contributed by atoms with E-state index in [1.165, 1.54) is 44.1 Å². The third kappa shape index (κ3) is 8.71. The highest BCUT2D eigenvalue weighted by molar-refractivity contribution is 6.16. The topological polar surface area (TPSA) is 51.5 Å². The quantitative estimate of drug-likeness (QED) is 0.122. The minimum atomic E-state index is -0.0173. The molecule has 0 N–H and O–H groups in total. The van der Waals surface area contributed by atoms with E-state index < -0.39 is 0 Å². The van der Waals surface area contributed by atoms with Crippen LogP contribution in [0.5, 0.6) is 5.75 Å². The second-order valence-electron chi connectivity index (χ2n) is 10.7. The van der Waals surface area contributed by atoms with Crippen LogP contribution in [0.4, 0.5) is 0 Å². The molecule has 1 amide bonds. The molecule has 0 bridgehead atoms. The van der Waals surface area contributed by atoms with Gasteiger partial charge >= 0.3 is 0 Å². The molecule has 2 aromatic carbocycles. The first-order chi connectivity index (χ1) is 19.0. The zero-order chi connectivity index (χ0) is 28.0. The van der Waals surface area contributed by atoms with Crippen molar-refractivity contribution in [2.75, 3.05) is 20.2 Å². The lowest BCUT2D eigenvalue weighted by Gasteiger charge is -2.23. The Hall–Kier alpha value is -3.08. The first kappa shape index (κ1) is 30.5. The lowest BCUT2D eigenvalue weighted by atomic mass is 9.99. The fourth-order valence-corrected chi connectivity index (χ4v) is 5.10. The molecule has 39 heavy (non-hydrogen) atoms. The van der Waals surface area contributed by atoms with Crippen molar-refractivity contribution in [1.29, 1.82) is 0 Å². The van der Waals surface area contributed by atoms with Crippen LogP contribution in [0.3, 0.4) is 0 Å². The molecule has 212 valence electrons. The maximum absolute atomic E-state index is 13.7. The number of ketones is 1. The highest BCUT2D eigenvalue weighted by atomic mass is 16.5. The van der Waals surface area contributed by atoms with Crippen LogP contribution in [0.15, 0.2) is 48.7 Å². The largest absolute Gasteiger partial charge is 0.497 e. The van der Waals surface area contributed by atoms with Gasteiger partial charge in [-0.15, -0.1) is 0 Å². The van der Waals surface area contributed by atoms with Crippen molar-refractivity contribution in [2.45, 2.75) is 97.9 Å². The fraction of sp³-hybridized carbons (Fsp3) is 0.529. The number of ether oxygens (including phenoxy) is 1. The van der Waals surface area contributed by atoms with Crippen molar-refractivity contribution < 1.29 is 14.3 Å². The molecule has 0 aliphatic heterocycles. The zero-order valence-corrected chi connectivity index (χ0v) is 24.6. The van der Waals surface area contributed by atoms with Crippen molar-refractivity contribution in [3.63, 3.8) is 0 Å². The lowest BCUT2D eigenvalue weighted by molar-refractivity contribution is -0.131. The summed E-state index contributed by atoms with van der Waals surface area (Å²) in [5, 5.41) is 0.846. The molecule has 1 heterocycles. The molecule has 3 rings (SSSR count). The molecule has 5 nitrogen and oxygen atoms in total. The number of hydrogen-bond acceptors (Lipinski definition) is 3. The van der Waals surface area contributed by atoms with Gasteiger partial charge in [0.25, 0.3) is 0 Å². The number of aromatic nitrogens is 1. The zero-order valence-electron chi connectivity index (χ0n) is 24.6. The second kappa shape index (κ2) is 16.1. The normalized spacial score (nSPS) is 11.2. The van der Waals surface area contributed by atoms with Crippen molar-refractivity contribution in [3.05, 3.63) is 65.4 Å². The Balaban J connectivity index is 1.79. The summed E-state index contributed by atoms with van der Waals surface area (Å²) in [6.07, 6.45) is 14.7. The van der Waals surface area contributed by atoms with Gasteiger partial charge in [0, 0.05) is 41.9 Å². The van der Waals surface area contributed by atoms with Gasteiger partial charge in [-0.25, -0.2) is 0 Å². The summed E-state index contributed by atoms with van der Waals surface area (Å²) in [6, 6.07) is 13.8. The van der Waals surface area contributed by atoms with Gasteiger partial charge in [0.15, 0.2) is 5.78 Å². The first-order valence-electron chi connectivity index (χ1n) is 15.1. The van der Waals surface area contributed by atoms with E-state index in [1.807, 2.05) is 46.0 Å². The van der Waals surface area contributed by atoms with Gasteiger partial charge in [0.1, 0.15) is 12.3 Å². The molecule has 0 aliphatic carbocycles. The van der Waals surface area contributed by atoms with E-state index in [9.17, 15) is 9.59 Å². The predicted molar refractivity (Wildman–Crippen MR) is 162 cm³/mol. The monoisotopic (exact) mass is 532 g/mol. The molecule has 5 heteroatoms. The van der Waals surface area contributed by atoms with Gasteiger partial charge in [-0.2, -0.15) is 0 Å². The average molecular weight is 533 g/mol. The molecule has 0 atom stereocenters. The molecule has 0 fully saturated rings. The van der Waals surface area contributed by atoms with Crippen LogP contribution >= 0.6 is 0 Å². The maximum Gasteiger partial charge on any atom is 0.242 e. The third-order valence-corrected chi connectivity index (χ3v) is 7.59. The number of hydrogen-bond donors (Lipinski definition) is 0. The van der Waals surface area contributed by atoms with Gasteiger partial charge in [-0.05, 0) is 43.4 Å².